The highest BCUT2D eigenvalue weighted by Crippen LogP contribution is 2.47. The average molecular weight is 474 g/mol. The van der Waals surface area contributed by atoms with Crippen molar-refractivity contribution < 1.29 is 19.6 Å². The van der Waals surface area contributed by atoms with E-state index in [9.17, 15) is 20.0 Å². The molecule has 0 aliphatic carbocycles. The SMILES string of the molecule is CC(=O)/C=C(\O)C[C@H]1c2cc(Br)ccc2O[C@H](C(Cl)(Cl)Cl)[C@@H]1[N+](=O)[O-]. The molecule has 0 fully saturated rings. The number of allylic oxidation sites excluding steroid dienone is 2. The maximum Gasteiger partial charge on any atom is 0.260 e. The number of rotatable bonds is 4. The molecule has 0 spiro atoms. The van der Waals surface area contributed by atoms with Crippen molar-refractivity contribution in [3.63, 3.8) is 0 Å². The van der Waals surface area contributed by atoms with Crippen molar-refractivity contribution in [2.24, 2.45) is 0 Å². The van der Waals surface area contributed by atoms with Gasteiger partial charge in [0.15, 0.2) is 5.78 Å². The number of aliphatic hydroxyl groups is 1. The lowest BCUT2D eigenvalue weighted by atomic mass is 9.82. The maximum atomic E-state index is 11.7. The summed E-state index contributed by atoms with van der Waals surface area (Å²) in [5.74, 6) is -1.21. The lowest BCUT2D eigenvalue weighted by Crippen LogP contribution is -2.52. The first-order chi connectivity index (χ1) is 11.5. The number of ketones is 1. The zero-order valence-corrected chi connectivity index (χ0v) is 16.6. The molecule has 136 valence electrons. The molecule has 0 bridgehead atoms. The van der Waals surface area contributed by atoms with Crippen molar-refractivity contribution in [1.82, 2.24) is 0 Å². The number of fused-ring (bicyclic) bond motifs is 1. The summed E-state index contributed by atoms with van der Waals surface area (Å²) < 4.78 is 4.21. The molecule has 1 N–H and O–H groups in total. The van der Waals surface area contributed by atoms with Gasteiger partial charge in [0.05, 0.1) is 11.7 Å². The molecule has 6 nitrogen and oxygen atoms in total. The highest BCUT2D eigenvalue weighted by molar-refractivity contribution is 9.10. The summed E-state index contributed by atoms with van der Waals surface area (Å²) in [6, 6.07) is 3.49. The smallest absolute Gasteiger partial charge is 0.260 e. The van der Waals surface area contributed by atoms with Crippen LogP contribution in [-0.4, -0.2) is 31.8 Å². The van der Waals surface area contributed by atoms with E-state index in [0.29, 0.717) is 15.8 Å². The molecule has 1 aromatic carbocycles. The second-order valence-electron chi connectivity index (χ2n) is 5.60. The Morgan fingerprint density at radius 2 is 2.12 bits per heavy atom. The van der Waals surface area contributed by atoms with Crippen LogP contribution in [0.4, 0.5) is 0 Å². The predicted molar refractivity (Wildman–Crippen MR) is 98.4 cm³/mol. The summed E-state index contributed by atoms with van der Waals surface area (Å²) in [5.41, 5.74) is 0.477. The normalized spacial score (nSPS) is 23.6. The van der Waals surface area contributed by atoms with Crippen LogP contribution in [0.25, 0.3) is 0 Å². The van der Waals surface area contributed by atoms with Gasteiger partial charge in [-0.3, -0.25) is 14.9 Å². The third-order valence-electron chi connectivity index (χ3n) is 3.71. The van der Waals surface area contributed by atoms with Crippen LogP contribution in [0.5, 0.6) is 5.75 Å². The monoisotopic (exact) mass is 471 g/mol. The molecule has 1 heterocycles. The van der Waals surface area contributed by atoms with E-state index >= 15 is 0 Å². The lowest BCUT2D eigenvalue weighted by molar-refractivity contribution is -0.538. The lowest BCUT2D eigenvalue weighted by Gasteiger charge is -2.37. The van der Waals surface area contributed by atoms with Crippen molar-refractivity contribution in [2.45, 2.75) is 35.2 Å². The van der Waals surface area contributed by atoms with Gasteiger partial charge >= 0.3 is 0 Å². The number of hydrogen-bond donors (Lipinski definition) is 1. The Morgan fingerprint density at radius 1 is 1.48 bits per heavy atom. The van der Waals surface area contributed by atoms with Gasteiger partial charge in [0.2, 0.25) is 9.90 Å². The Kier molecular flexibility index (Phi) is 6.25. The molecular weight excluding hydrogens is 460 g/mol. The van der Waals surface area contributed by atoms with Gasteiger partial charge in [-0.15, -0.1) is 0 Å². The fraction of sp³-hybridized carbons (Fsp3) is 0.400. The topological polar surface area (TPSA) is 89.7 Å². The van der Waals surface area contributed by atoms with E-state index in [4.69, 9.17) is 39.5 Å². The molecule has 10 heteroatoms. The van der Waals surface area contributed by atoms with Gasteiger partial charge in [0, 0.05) is 27.5 Å². The van der Waals surface area contributed by atoms with Crippen LogP contribution in [0, 0.1) is 10.1 Å². The predicted octanol–water partition coefficient (Wildman–Crippen LogP) is 4.73. The number of hydrogen-bond acceptors (Lipinski definition) is 5. The first kappa shape index (κ1) is 20.3. The molecule has 0 saturated carbocycles. The number of nitrogens with zero attached hydrogens (tertiary/aromatic N) is 1. The standard InChI is InChI=1S/C15H13BrCl3NO5/c1-7(21)4-9(22)6-11-10-5-8(16)2-3-12(10)25-14(15(17,18)19)13(11)20(23)24/h2-5,11,13-14,22H,6H2,1H3/b9-4-/t11-,13+,14-/m0/s1. The highest BCUT2D eigenvalue weighted by Gasteiger charge is 2.55. The highest BCUT2D eigenvalue weighted by atomic mass is 79.9. The number of ether oxygens (including phenoxy) is 1. The maximum absolute atomic E-state index is 11.7. The second kappa shape index (κ2) is 7.70. The van der Waals surface area contributed by atoms with Gasteiger partial charge in [0.1, 0.15) is 5.75 Å². The first-order valence-corrected chi connectivity index (χ1v) is 8.99. The summed E-state index contributed by atoms with van der Waals surface area (Å²) in [6.45, 7) is 1.26. The van der Waals surface area contributed by atoms with E-state index in [2.05, 4.69) is 15.9 Å². The molecule has 0 amide bonds. The van der Waals surface area contributed by atoms with E-state index < -0.39 is 26.8 Å². The Balaban J connectivity index is 2.58. The van der Waals surface area contributed by atoms with Gasteiger partial charge < -0.3 is 9.84 Å². The molecular formula is C15H13BrCl3NO5. The van der Waals surface area contributed by atoms with E-state index in [1.807, 2.05) is 0 Å². The minimum absolute atomic E-state index is 0.171. The third kappa shape index (κ3) is 4.78. The Labute approximate surface area is 167 Å². The number of halogens is 4. The van der Waals surface area contributed by atoms with Crippen molar-refractivity contribution in [3.05, 3.63) is 50.2 Å². The average Bonchev–Trinajstić information content (AvgIpc) is 2.44. The summed E-state index contributed by atoms with van der Waals surface area (Å²) in [4.78, 5) is 22.3. The number of nitro groups is 1. The molecule has 0 saturated heterocycles. The number of benzene rings is 1. The molecule has 0 unspecified atom stereocenters. The van der Waals surface area contributed by atoms with Crippen LogP contribution in [0.1, 0.15) is 24.8 Å². The third-order valence-corrected chi connectivity index (χ3v) is 4.85. The van der Waals surface area contributed by atoms with Gasteiger partial charge in [-0.2, -0.15) is 0 Å². The van der Waals surface area contributed by atoms with E-state index in [1.165, 1.54) is 6.92 Å². The fourth-order valence-electron chi connectivity index (χ4n) is 2.79. The minimum atomic E-state index is -2.05. The summed E-state index contributed by atoms with van der Waals surface area (Å²) >= 11 is 21.0. The van der Waals surface area contributed by atoms with Crippen molar-refractivity contribution in [3.8, 4) is 5.75 Å². The minimum Gasteiger partial charge on any atom is -0.512 e. The molecule has 2 rings (SSSR count). The summed E-state index contributed by atoms with van der Waals surface area (Å²) in [5, 5.41) is 21.7. The van der Waals surface area contributed by atoms with Crippen LogP contribution in [-0.2, 0) is 4.79 Å². The zero-order chi connectivity index (χ0) is 18.9. The molecule has 3 atom stereocenters. The van der Waals surface area contributed by atoms with Crippen LogP contribution in [0.3, 0.4) is 0 Å². The molecule has 1 aromatic rings. The number of aliphatic hydroxyl groups excluding tert-OH is 1. The van der Waals surface area contributed by atoms with Gasteiger partial charge in [-0.1, -0.05) is 50.7 Å². The van der Waals surface area contributed by atoms with Gasteiger partial charge in [0.25, 0.3) is 6.04 Å². The van der Waals surface area contributed by atoms with Crippen LogP contribution >= 0.6 is 50.7 Å². The molecule has 0 radical (unpaired) electrons. The molecule has 1 aliphatic rings. The van der Waals surface area contributed by atoms with Gasteiger partial charge in [-0.05, 0) is 25.1 Å². The number of alkyl halides is 3. The van der Waals surface area contributed by atoms with Crippen molar-refractivity contribution in [2.75, 3.05) is 0 Å². The largest absolute Gasteiger partial charge is 0.512 e. The van der Waals surface area contributed by atoms with E-state index in [1.54, 1.807) is 18.2 Å². The van der Waals surface area contributed by atoms with Crippen LogP contribution < -0.4 is 4.74 Å². The first-order valence-electron chi connectivity index (χ1n) is 7.07. The second-order valence-corrected chi connectivity index (χ2v) is 8.88. The molecule has 1 aliphatic heterocycles. The van der Waals surface area contributed by atoms with Crippen molar-refractivity contribution in [1.29, 1.82) is 0 Å². The summed E-state index contributed by atoms with van der Waals surface area (Å²) in [6.07, 6.45) is -0.527. The van der Waals surface area contributed by atoms with Crippen molar-refractivity contribution >= 4 is 56.5 Å². The number of carbonyl (C=O) groups is 1. The Morgan fingerprint density at radius 3 is 2.64 bits per heavy atom. The van der Waals surface area contributed by atoms with E-state index in [-0.39, 0.29) is 18.0 Å². The zero-order valence-electron chi connectivity index (χ0n) is 12.8. The van der Waals surface area contributed by atoms with Crippen LogP contribution in [0.2, 0.25) is 0 Å². The quantitative estimate of drug-likeness (QED) is 0.225. The van der Waals surface area contributed by atoms with Crippen LogP contribution in [0.15, 0.2) is 34.5 Å². The molecule has 25 heavy (non-hydrogen) atoms. The Hall–Kier alpha value is -1.02. The Bertz CT molecular complexity index is 734. The van der Waals surface area contributed by atoms with Gasteiger partial charge in [-0.25, -0.2) is 0 Å². The number of carbonyl (C=O) groups excluding carboxylic acids is 1. The molecule has 0 aromatic heterocycles. The summed E-state index contributed by atoms with van der Waals surface area (Å²) in [7, 11) is 0. The fourth-order valence-corrected chi connectivity index (χ4v) is 3.69. The van der Waals surface area contributed by atoms with E-state index in [0.717, 1.165) is 6.08 Å².